The predicted octanol–water partition coefficient (Wildman–Crippen LogP) is 6.71. The summed E-state index contributed by atoms with van der Waals surface area (Å²) in [6, 6.07) is 21.1. The van der Waals surface area contributed by atoms with E-state index >= 15 is 0 Å². The zero-order valence-electron chi connectivity index (χ0n) is 27.3. The molecule has 2 fully saturated rings. The molecule has 7 nitrogen and oxygen atoms in total. The van der Waals surface area contributed by atoms with Crippen molar-refractivity contribution in [3.8, 4) is 0 Å². The molecule has 2 aliphatic heterocycles. The van der Waals surface area contributed by atoms with Gasteiger partial charge in [0, 0.05) is 31.2 Å². The maximum Gasteiger partial charge on any atom is 0.408 e. The van der Waals surface area contributed by atoms with Crippen LogP contribution in [0.2, 0.25) is 0 Å². The molecule has 2 aliphatic rings. The molecule has 3 N–H and O–H groups in total. The third-order valence-electron chi connectivity index (χ3n) is 9.04. The summed E-state index contributed by atoms with van der Waals surface area (Å²) in [6.07, 6.45) is 1.52. The van der Waals surface area contributed by atoms with Gasteiger partial charge in [0.15, 0.2) is 0 Å². The van der Waals surface area contributed by atoms with Crippen LogP contribution in [0.15, 0.2) is 60.7 Å². The Morgan fingerprint density at radius 2 is 1.48 bits per heavy atom. The molecule has 2 amide bonds. The van der Waals surface area contributed by atoms with Gasteiger partial charge in [-0.25, -0.2) is 4.79 Å². The van der Waals surface area contributed by atoms with Crippen molar-refractivity contribution in [1.29, 1.82) is 0 Å². The zero-order chi connectivity index (χ0) is 31.3. The van der Waals surface area contributed by atoms with Crippen molar-refractivity contribution in [2.24, 2.45) is 17.6 Å². The van der Waals surface area contributed by atoms with Gasteiger partial charge >= 0.3 is 6.09 Å². The van der Waals surface area contributed by atoms with Crippen molar-refractivity contribution in [2.45, 2.75) is 104 Å². The summed E-state index contributed by atoms with van der Waals surface area (Å²) in [6.45, 7) is 20.8. The van der Waals surface area contributed by atoms with Crippen molar-refractivity contribution < 1.29 is 14.3 Å². The number of nitrogens with one attached hydrogen (secondary N) is 1. The average Bonchev–Trinajstić information content (AvgIpc) is 3.38. The molecule has 232 valence electrons. The number of alkyl carbamates (subject to hydrolysis) is 1. The molecule has 0 bridgehead atoms. The molecule has 2 aromatic rings. The first-order valence-electron chi connectivity index (χ1n) is 15.6. The van der Waals surface area contributed by atoms with Crippen molar-refractivity contribution in [1.82, 2.24) is 15.1 Å². The molecule has 0 aromatic heterocycles. The lowest BCUT2D eigenvalue weighted by molar-refractivity contribution is -0.133. The lowest BCUT2D eigenvalue weighted by atomic mass is 9.87. The number of likely N-dealkylation sites (tertiary alicyclic amines) is 2. The fraction of sp³-hybridized carbons (Fsp3) is 0.600. The summed E-state index contributed by atoms with van der Waals surface area (Å²) >= 11 is 0. The highest BCUT2D eigenvalue weighted by Crippen LogP contribution is 2.36. The van der Waals surface area contributed by atoms with Crippen LogP contribution in [0.1, 0.15) is 98.4 Å². The Balaban J connectivity index is 0.000000240. The first kappa shape index (κ1) is 33.6. The maximum atomic E-state index is 12.4. The third-order valence-corrected chi connectivity index (χ3v) is 9.04. The number of hydrogen-bond donors (Lipinski definition) is 2. The molecule has 4 rings (SSSR count). The van der Waals surface area contributed by atoms with Gasteiger partial charge < -0.3 is 20.7 Å². The second kappa shape index (κ2) is 13.6. The topological polar surface area (TPSA) is 87.9 Å². The molecular weight excluding hydrogens is 524 g/mol. The Morgan fingerprint density at radius 3 is 1.93 bits per heavy atom. The van der Waals surface area contributed by atoms with Crippen LogP contribution in [0.3, 0.4) is 0 Å². The van der Waals surface area contributed by atoms with Crippen molar-refractivity contribution in [3.63, 3.8) is 0 Å². The minimum absolute atomic E-state index is 0.0522. The highest BCUT2D eigenvalue weighted by atomic mass is 16.6. The number of nitrogens with two attached hydrogens (primary N) is 1. The Hall–Kier alpha value is -2.90. The van der Waals surface area contributed by atoms with Crippen LogP contribution in [-0.4, -0.2) is 58.1 Å². The van der Waals surface area contributed by atoms with Gasteiger partial charge in [0.25, 0.3) is 0 Å². The largest absolute Gasteiger partial charge is 0.444 e. The molecule has 2 saturated heterocycles. The predicted molar refractivity (Wildman–Crippen MR) is 171 cm³/mol. The SMILES string of the molecule is CCC1C(=O)N([C@H](C)c2ccccc2)CC1(C)N.CCC1CN([C@@H](C)c2ccccc2)CC1(C)NC(=O)OC(C)(C)C. The van der Waals surface area contributed by atoms with E-state index in [0.717, 1.165) is 25.9 Å². The summed E-state index contributed by atoms with van der Waals surface area (Å²) in [4.78, 5) is 29.1. The van der Waals surface area contributed by atoms with E-state index in [4.69, 9.17) is 10.5 Å². The van der Waals surface area contributed by atoms with E-state index in [0.29, 0.717) is 18.5 Å². The molecule has 4 unspecified atom stereocenters. The van der Waals surface area contributed by atoms with Crippen LogP contribution in [0.4, 0.5) is 4.79 Å². The minimum atomic E-state index is -0.474. The van der Waals surface area contributed by atoms with E-state index in [1.54, 1.807) is 0 Å². The Kier molecular flexibility index (Phi) is 10.9. The molecular formula is C35H54N4O3. The highest BCUT2D eigenvalue weighted by molar-refractivity contribution is 5.83. The summed E-state index contributed by atoms with van der Waals surface area (Å²) in [5, 5.41) is 3.15. The molecule has 7 heteroatoms. The number of ether oxygens (including phenoxy) is 1. The molecule has 0 aliphatic carbocycles. The van der Waals surface area contributed by atoms with Gasteiger partial charge in [-0.1, -0.05) is 74.5 Å². The number of carbonyl (C=O) groups excluding carboxylic acids is 2. The number of nitrogens with zero attached hydrogens (tertiary/aromatic N) is 2. The van der Waals surface area contributed by atoms with Crippen LogP contribution in [-0.2, 0) is 9.53 Å². The number of benzene rings is 2. The Bertz CT molecular complexity index is 1160. The molecule has 0 radical (unpaired) electrons. The van der Waals surface area contributed by atoms with Crippen LogP contribution in [0, 0.1) is 11.8 Å². The van der Waals surface area contributed by atoms with E-state index in [1.165, 1.54) is 11.1 Å². The maximum absolute atomic E-state index is 12.4. The molecule has 42 heavy (non-hydrogen) atoms. The lowest BCUT2D eigenvalue weighted by Crippen LogP contribution is -2.53. The highest BCUT2D eigenvalue weighted by Gasteiger charge is 2.47. The van der Waals surface area contributed by atoms with E-state index in [9.17, 15) is 9.59 Å². The molecule has 0 spiro atoms. The van der Waals surface area contributed by atoms with Gasteiger partial charge in [-0.2, -0.15) is 0 Å². The van der Waals surface area contributed by atoms with Crippen molar-refractivity contribution >= 4 is 12.0 Å². The fourth-order valence-electron chi connectivity index (χ4n) is 6.51. The minimum Gasteiger partial charge on any atom is -0.444 e. The lowest BCUT2D eigenvalue weighted by Gasteiger charge is -2.33. The number of carbonyl (C=O) groups is 2. The number of amides is 2. The van der Waals surface area contributed by atoms with Crippen LogP contribution in [0.25, 0.3) is 0 Å². The first-order chi connectivity index (χ1) is 19.6. The van der Waals surface area contributed by atoms with Crippen molar-refractivity contribution in [3.05, 3.63) is 71.8 Å². The fourth-order valence-corrected chi connectivity index (χ4v) is 6.51. The van der Waals surface area contributed by atoms with Crippen LogP contribution < -0.4 is 11.1 Å². The van der Waals surface area contributed by atoms with Gasteiger partial charge in [-0.05, 0) is 78.4 Å². The molecule has 2 aromatic carbocycles. The van der Waals surface area contributed by atoms with Gasteiger partial charge in [0.1, 0.15) is 5.60 Å². The van der Waals surface area contributed by atoms with Crippen molar-refractivity contribution in [2.75, 3.05) is 19.6 Å². The smallest absolute Gasteiger partial charge is 0.408 e. The second-order valence-corrected chi connectivity index (χ2v) is 13.7. The Morgan fingerprint density at radius 1 is 0.952 bits per heavy atom. The van der Waals surface area contributed by atoms with Crippen LogP contribution >= 0.6 is 0 Å². The Labute approximate surface area is 254 Å². The van der Waals surface area contributed by atoms with E-state index < -0.39 is 11.1 Å². The summed E-state index contributed by atoms with van der Waals surface area (Å²) in [5.74, 6) is 0.554. The number of rotatable bonds is 7. The summed E-state index contributed by atoms with van der Waals surface area (Å²) < 4.78 is 5.47. The quantitative estimate of drug-likeness (QED) is 0.381. The van der Waals surface area contributed by atoms with Gasteiger partial charge in [0.2, 0.25) is 5.91 Å². The van der Waals surface area contributed by atoms with E-state index in [-0.39, 0.29) is 29.5 Å². The zero-order valence-corrected chi connectivity index (χ0v) is 27.3. The average molecular weight is 579 g/mol. The molecule has 0 saturated carbocycles. The first-order valence-corrected chi connectivity index (χ1v) is 15.6. The summed E-state index contributed by atoms with van der Waals surface area (Å²) in [7, 11) is 0. The number of hydrogen-bond acceptors (Lipinski definition) is 5. The monoisotopic (exact) mass is 578 g/mol. The van der Waals surface area contributed by atoms with Gasteiger partial charge in [-0.3, -0.25) is 9.69 Å². The normalized spacial score (nSPS) is 27.7. The standard InChI is InChI=1S/C20H32N2O2.C15H22N2O/c1-7-17-13-22(15(2)16-11-9-8-10-12-16)14-20(17,6)21-18(23)24-19(3,4)5;1-4-13-14(18)17(10-15(13,3)16)11(2)12-8-6-5-7-9-12/h8-12,15,17H,7,13-14H2,1-6H3,(H,21,23);5-9,11,13H,4,10,16H2,1-3H3/t15-,17?,20?;11-,13?,15?/m01/s1. The summed E-state index contributed by atoms with van der Waals surface area (Å²) in [5.41, 5.74) is 7.60. The second-order valence-electron chi connectivity index (χ2n) is 13.7. The van der Waals surface area contributed by atoms with E-state index in [2.05, 4.69) is 74.3 Å². The third kappa shape index (κ3) is 8.13. The molecule has 6 atom stereocenters. The van der Waals surface area contributed by atoms with Gasteiger partial charge in [-0.15, -0.1) is 0 Å². The molecule has 2 heterocycles. The van der Waals surface area contributed by atoms with Crippen LogP contribution in [0.5, 0.6) is 0 Å². The van der Waals surface area contributed by atoms with Gasteiger partial charge in [0.05, 0.1) is 17.5 Å². The van der Waals surface area contributed by atoms with E-state index in [1.807, 2.05) is 63.8 Å².